The van der Waals surface area contributed by atoms with E-state index in [-0.39, 0.29) is 16.4 Å². The highest BCUT2D eigenvalue weighted by molar-refractivity contribution is 7.87. The molecule has 0 spiro atoms. The number of ether oxygens (including phenoxy) is 1. The number of hydrogen-bond acceptors (Lipinski definition) is 5. The zero-order valence-electron chi connectivity index (χ0n) is 16.2. The maximum atomic E-state index is 12.5. The van der Waals surface area contributed by atoms with Crippen LogP contribution in [-0.4, -0.2) is 21.7 Å². The average Bonchev–Trinajstić information content (AvgIpc) is 2.68. The Morgan fingerprint density at radius 3 is 2.31 bits per heavy atom. The summed E-state index contributed by atoms with van der Waals surface area (Å²) in [5.74, 6) is 0.373. The minimum absolute atomic E-state index is 0.00411. The lowest BCUT2D eigenvalue weighted by atomic mass is 10.1. The Balaban J connectivity index is 1.85. The molecule has 150 valence electrons. The highest BCUT2D eigenvalue weighted by Gasteiger charge is 2.19. The molecule has 0 amide bonds. The van der Waals surface area contributed by atoms with E-state index >= 15 is 0 Å². The number of hydrogen-bond donors (Lipinski definition) is 0. The molecule has 0 heterocycles. The molecule has 0 aliphatic rings. The van der Waals surface area contributed by atoms with Crippen LogP contribution in [0.3, 0.4) is 0 Å². The fourth-order valence-electron chi connectivity index (χ4n) is 2.70. The fourth-order valence-corrected chi connectivity index (χ4v) is 3.76. The van der Waals surface area contributed by atoms with Crippen molar-refractivity contribution in [3.63, 3.8) is 0 Å². The summed E-state index contributed by atoms with van der Waals surface area (Å²) in [6.45, 7) is 4.03. The Bertz CT molecular complexity index is 1160. The van der Waals surface area contributed by atoms with Crippen molar-refractivity contribution in [2.75, 3.05) is 7.11 Å². The van der Waals surface area contributed by atoms with Crippen LogP contribution in [0.15, 0.2) is 70.6 Å². The second-order valence-corrected chi connectivity index (χ2v) is 8.43. The normalized spacial score (nSPS) is 11.6. The van der Waals surface area contributed by atoms with E-state index in [2.05, 4.69) is 11.1 Å². The summed E-state index contributed by atoms with van der Waals surface area (Å²) < 4.78 is 35.6. The van der Waals surface area contributed by atoms with Crippen molar-refractivity contribution < 1.29 is 17.3 Å². The average molecular weight is 430 g/mol. The molecule has 3 aromatic carbocycles. The van der Waals surface area contributed by atoms with Gasteiger partial charge in [0, 0.05) is 11.2 Å². The van der Waals surface area contributed by atoms with Crippen LogP contribution in [0.2, 0.25) is 5.02 Å². The standard InChI is InChI=1S/C22H20ClNO4S/c1-15-4-10-20(16(2)12-15)24-14-17-5-11-21(22(13-17)27-3)28-29(25,26)19-8-6-18(23)7-9-19/h4-14H,1-3H3. The molecule has 3 aromatic rings. The Kier molecular flexibility index (Phi) is 6.25. The van der Waals surface area contributed by atoms with Gasteiger partial charge in [0.2, 0.25) is 0 Å². The molecule has 0 atom stereocenters. The van der Waals surface area contributed by atoms with E-state index in [4.69, 9.17) is 20.5 Å². The summed E-state index contributed by atoms with van der Waals surface area (Å²) >= 11 is 5.81. The van der Waals surface area contributed by atoms with Gasteiger partial charge in [-0.1, -0.05) is 29.3 Å². The van der Waals surface area contributed by atoms with Crippen molar-refractivity contribution in [1.82, 2.24) is 0 Å². The van der Waals surface area contributed by atoms with Gasteiger partial charge in [-0.15, -0.1) is 0 Å². The quantitative estimate of drug-likeness (QED) is 0.384. The topological polar surface area (TPSA) is 65.0 Å². The zero-order chi connectivity index (χ0) is 21.0. The predicted octanol–water partition coefficient (Wildman–Crippen LogP) is 5.48. The highest BCUT2D eigenvalue weighted by atomic mass is 35.5. The van der Waals surface area contributed by atoms with Crippen molar-refractivity contribution in [3.05, 3.63) is 82.4 Å². The van der Waals surface area contributed by atoms with Crippen LogP contribution in [0, 0.1) is 13.8 Å². The fraction of sp³-hybridized carbons (Fsp3) is 0.136. The number of rotatable bonds is 6. The number of methoxy groups -OCH3 is 1. The van der Waals surface area contributed by atoms with Crippen molar-refractivity contribution in [2.45, 2.75) is 18.7 Å². The number of benzene rings is 3. The maximum absolute atomic E-state index is 12.5. The number of aliphatic imine (C=N–C) groups is 1. The van der Waals surface area contributed by atoms with Gasteiger partial charge in [0.15, 0.2) is 11.5 Å². The molecule has 7 heteroatoms. The lowest BCUT2D eigenvalue weighted by Crippen LogP contribution is -2.10. The van der Waals surface area contributed by atoms with Gasteiger partial charge in [-0.05, 0) is 73.5 Å². The molecule has 0 N–H and O–H groups in total. The van der Waals surface area contributed by atoms with Crippen LogP contribution in [0.25, 0.3) is 0 Å². The van der Waals surface area contributed by atoms with Crippen LogP contribution < -0.4 is 8.92 Å². The third-order valence-corrected chi connectivity index (χ3v) is 5.69. The molecule has 0 unspecified atom stereocenters. The predicted molar refractivity (Wildman–Crippen MR) is 115 cm³/mol. The number of halogens is 1. The summed E-state index contributed by atoms with van der Waals surface area (Å²) in [4.78, 5) is 4.50. The van der Waals surface area contributed by atoms with Crippen molar-refractivity contribution in [3.8, 4) is 11.5 Å². The van der Waals surface area contributed by atoms with Gasteiger partial charge in [-0.25, -0.2) is 0 Å². The second-order valence-electron chi connectivity index (χ2n) is 6.45. The second kappa shape index (κ2) is 8.68. The Morgan fingerprint density at radius 2 is 1.66 bits per heavy atom. The minimum atomic E-state index is -4.01. The molecular formula is C22H20ClNO4S. The van der Waals surface area contributed by atoms with Crippen LogP contribution >= 0.6 is 11.6 Å². The molecule has 0 aliphatic carbocycles. The Morgan fingerprint density at radius 1 is 0.931 bits per heavy atom. The first-order chi connectivity index (χ1) is 13.8. The smallest absolute Gasteiger partial charge is 0.339 e. The molecule has 29 heavy (non-hydrogen) atoms. The molecule has 0 aromatic heterocycles. The summed E-state index contributed by atoms with van der Waals surface area (Å²) in [5, 5.41) is 0.439. The third kappa shape index (κ3) is 5.16. The molecule has 0 radical (unpaired) electrons. The van der Waals surface area contributed by atoms with Gasteiger partial charge in [0.1, 0.15) is 4.90 Å². The number of nitrogens with zero attached hydrogens (tertiary/aromatic N) is 1. The summed E-state index contributed by atoms with van der Waals surface area (Å²) in [7, 11) is -2.57. The Labute approximate surface area is 175 Å². The minimum Gasteiger partial charge on any atom is -0.493 e. The van der Waals surface area contributed by atoms with Crippen molar-refractivity contribution >= 4 is 33.6 Å². The van der Waals surface area contributed by atoms with E-state index < -0.39 is 10.1 Å². The largest absolute Gasteiger partial charge is 0.493 e. The van der Waals surface area contributed by atoms with Gasteiger partial charge >= 0.3 is 10.1 Å². The van der Waals surface area contributed by atoms with Crippen LogP contribution in [0.5, 0.6) is 11.5 Å². The van der Waals surface area contributed by atoms with E-state index in [1.54, 1.807) is 18.3 Å². The molecule has 0 fully saturated rings. The third-order valence-electron chi connectivity index (χ3n) is 4.19. The number of aryl methyl sites for hydroxylation is 2. The maximum Gasteiger partial charge on any atom is 0.339 e. The lowest BCUT2D eigenvalue weighted by molar-refractivity contribution is 0.390. The van der Waals surface area contributed by atoms with E-state index in [9.17, 15) is 8.42 Å². The van der Waals surface area contributed by atoms with E-state index in [0.29, 0.717) is 5.02 Å². The van der Waals surface area contributed by atoms with Gasteiger partial charge in [-0.2, -0.15) is 8.42 Å². The monoisotopic (exact) mass is 429 g/mol. The van der Waals surface area contributed by atoms with Gasteiger partial charge in [0.05, 0.1) is 12.8 Å². The molecule has 0 bridgehead atoms. The first-order valence-electron chi connectivity index (χ1n) is 8.78. The van der Waals surface area contributed by atoms with E-state index in [1.807, 2.05) is 26.0 Å². The first kappa shape index (κ1) is 20.9. The Hall–Kier alpha value is -2.83. The molecule has 3 rings (SSSR count). The van der Waals surface area contributed by atoms with Crippen LogP contribution in [0.1, 0.15) is 16.7 Å². The van der Waals surface area contributed by atoms with Crippen molar-refractivity contribution in [1.29, 1.82) is 0 Å². The molecular weight excluding hydrogens is 410 g/mol. The van der Waals surface area contributed by atoms with E-state index in [0.717, 1.165) is 16.8 Å². The van der Waals surface area contributed by atoms with Crippen LogP contribution in [0.4, 0.5) is 5.69 Å². The first-order valence-corrected chi connectivity index (χ1v) is 10.6. The molecule has 0 aliphatic heterocycles. The molecule has 0 saturated carbocycles. The SMILES string of the molecule is COc1cc(C=Nc2ccc(C)cc2C)ccc1OS(=O)(=O)c1ccc(Cl)cc1. The van der Waals surface area contributed by atoms with E-state index in [1.165, 1.54) is 43.0 Å². The van der Waals surface area contributed by atoms with Crippen molar-refractivity contribution in [2.24, 2.45) is 4.99 Å². The zero-order valence-corrected chi connectivity index (χ0v) is 17.8. The van der Waals surface area contributed by atoms with Gasteiger partial charge in [0.25, 0.3) is 0 Å². The van der Waals surface area contributed by atoms with Gasteiger partial charge < -0.3 is 8.92 Å². The molecule has 5 nitrogen and oxygen atoms in total. The summed E-state index contributed by atoms with van der Waals surface area (Å²) in [6.07, 6.45) is 1.69. The van der Waals surface area contributed by atoms with Crippen LogP contribution in [-0.2, 0) is 10.1 Å². The highest BCUT2D eigenvalue weighted by Crippen LogP contribution is 2.31. The summed E-state index contributed by atoms with van der Waals surface area (Å²) in [5.41, 5.74) is 3.85. The summed E-state index contributed by atoms with van der Waals surface area (Å²) in [6, 6.07) is 16.7. The van der Waals surface area contributed by atoms with Gasteiger partial charge in [-0.3, -0.25) is 4.99 Å². The lowest BCUT2D eigenvalue weighted by Gasteiger charge is -2.11. The molecule has 0 saturated heterocycles.